The van der Waals surface area contributed by atoms with E-state index in [-0.39, 0.29) is 34.9 Å². The standard InChI is InChI=1S/C19H16ClFN6O/c20-10-3-4-14(21)11(5-10)12-6-15(16(9-1-2-9)26-19(12)28)25-17-13-7-24-27-18(13)23-8-22-17/h5-9H,1-4H2,(H,26,28)(H2,22,23,24,25,27). The number of halogens is 2. The fourth-order valence-corrected chi connectivity index (χ4v) is 3.63. The molecule has 0 aliphatic heterocycles. The van der Waals surface area contributed by atoms with E-state index in [2.05, 4.69) is 30.5 Å². The molecule has 0 amide bonds. The monoisotopic (exact) mass is 398 g/mol. The molecule has 0 aromatic carbocycles. The van der Waals surface area contributed by atoms with Gasteiger partial charge in [-0.1, -0.05) is 11.6 Å². The molecule has 5 rings (SSSR count). The summed E-state index contributed by atoms with van der Waals surface area (Å²) >= 11 is 6.10. The van der Waals surface area contributed by atoms with Crippen molar-refractivity contribution in [3.8, 4) is 0 Å². The molecule has 3 heterocycles. The third-order valence-electron chi connectivity index (χ3n) is 5.03. The van der Waals surface area contributed by atoms with Gasteiger partial charge in [0.1, 0.15) is 18.0 Å². The first-order valence-electron chi connectivity index (χ1n) is 9.03. The van der Waals surface area contributed by atoms with Crippen LogP contribution in [0.5, 0.6) is 0 Å². The normalized spacial score (nSPS) is 17.1. The highest BCUT2D eigenvalue weighted by Crippen LogP contribution is 2.43. The second kappa shape index (κ2) is 6.56. The van der Waals surface area contributed by atoms with E-state index in [1.165, 1.54) is 12.4 Å². The minimum absolute atomic E-state index is 0.193. The lowest BCUT2D eigenvalue weighted by atomic mass is 9.98. The summed E-state index contributed by atoms with van der Waals surface area (Å²) in [7, 11) is 0. The van der Waals surface area contributed by atoms with Crippen LogP contribution in [0.15, 0.2) is 40.3 Å². The zero-order valence-electron chi connectivity index (χ0n) is 14.7. The van der Waals surface area contributed by atoms with E-state index in [1.54, 1.807) is 12.3 Å². The first-order chi connectivity index (χ1) is 13.6. The zero-order valence-corrected chi connectivity index (χ0v) is 15.5. The smallest absolute Gasteiger partial charge is 0.256 e. The second-order valence-corrected chi connectivity index (χ2v) is 7.49. The highest BCUT2D eigenvalue weighted by atomic mass is 35.5. The third-order valence-corrected chi connectivity index (χ3v) is 5.32. The van der Waals surface area contributed by atoms with E-state index < -0.39 is 0 Å². The Hall–Kier alpha value is -3.00. The van der Waals surface area contributed by atoms with Crippen LogP contribution in [0.1, 0.15) is 42.9 Å². The number of nitrogens with zero attached hydrogens (tertiary/aromatic N) is 3. The van der Waals surface area contributed by atoms with Crippen LogP contribution in [-0.4, -0.2) is 25.1 Å². The summed E-state index contributed by atoms with van der Waals surface area (Å²) in [4.78, 5) is 24.1. The van der Waals surface area contributed by atoms with Crippen molar-refractivity contribution >= 4 is 39.7 Å². The molecule has 0 radical (unpaired) electrons. The van der Waals surface area contributed by atoms with Crippen molar-refractivity contribution in [2.45, 2.75) is 31.6 Å². The average Bonchev–Trinajstić information content (AvgIpc) is 3.41. The van der Waals surface area contributed by atoms with Gasteiger partial charge < -0.3 is 10.3 Å². The lowest BCUT2D eigenvalue weighted by molar-refractivity contribution is 0.590. The number of fused-ring (bicyclic) bond motifs is 1. The van der Waals surface area contributed by atoms with Crippen molar-refractivity contribution in [1.82, 2.24) is 25.1 Å². The molecule has 0 atom stereocenters. The molecule has 2 aliphatic rings. The molecule has 1 saturated carbocycles. The molecular weight excluding hydrogens is 383 g/mol. The minimum atomic E-state index is -0.334. The lowest BCUT2D eigenvalue weighted by Gasteiger charge is -2.16. The predicted octanol–water partition coefficient (Wildman–Crippen LogP) is 4.26. The molecule has 1 fully saturated rings. The Balaban J connectivity index is 1.64. The molecule has 0 unspecified atom stereocenters. The van der Waals surface area contributed by atoms with Gasteiger partial charge in [-0.05, 0) is 31.4 Å². The molecule has 142 valence electrons. The SMILES string of the molecule is O=c1[nH]c(C2CC2)c(Nc2ncnc3[nH]ncc23)cc1C1=C(F)CCC(Cl)=C1. The van der Waals surface area contributed by atoms with Crippen molar-refractivity contribution in [3.63, 3.8) is 0 Å². The number of aromatic nitrogens is 5. The molecule has 28 heavy (non-hydrogen) atoms. The zero-order chi connectivity index (χ0) is 19.3. The fourth-order valence-electron chi connectivity index (χ4n) is 3.43. The summed E-state index contributed by atoms with van der Waals surface area (Å²) in [6.45, 7) is 0. The maximum atomic E-state index is 14.5. The minimum Gasteiger partial charge on any atom is -0.338 e. The molecule has 9 heteroatoms. The van der Waals surface area contributed by atoms with E-state index in [0.717, 1.165) is 23.9 Å². The Morgan fingerprint density at radius 2 is 2.11 bits per heavy atom. The number of rotatable bonds is 4. The van der Waals surface area contributed by atoms with Gasteiger partial charge in [0.25, 0.3) is 5.56 Å². The molecule has 0 bridgehead atoms. The number of allylic oxidation sites excluding steroid dienone is 4. The predicted molar refractivity (Wildman–Crippen MR) is 105 cm³/mol. The Morgan fingerprint density at radius 1 is 1.25 bits per heavy atom. The Bertz CT molecular complexity index is 1210. The van der Waals surface area contributed by atoms with E-state index in [4.69, 9.17) is 11.6 Å². The van der Waals surface area contributed by atoms with Gasteiger partial charge in [-0.15, -0.1) is 0 Å². The molecule has 3 aromatic rings. The Morgan fingerprint density at radius 3 is 2.93 bits per heavy atom. The Kier molecular flexibility index (Phi) is 4.01. The molecule has 0 spiro atoms. The van der Waals surface area contributed by atoms with E-state index in [0.29, 0.717) is 28.6 Å². The summed E-state index contributed by atoms with van der Waals surface area (Å²) in [5, 5.41) is 11.3. The van der Waals surface area contributed by atoms with Crippen molar-refractivity contribution in [3.05, 3.63) is 57.1 Å². The van der Waals surface area contributed by atoms with E-state index in [1.807, 2.05) is 0 Å². The van der Waals surface area contributed by atoms with Crippen LogP contribution in [-0.2, 0) is 0 Å². The summed E-state index contributed by atoms with van der Waals surface area (Å²) < 4.78 is 14.5. The molecule has 3 N–H and O–H groups in total. The van der Waals surface area contributed by atoms with Crippen molar-refractivity contribution in [2.24, 2.45) is 0 Å². The maximum absolute atomic E-state index is 14.5. The lowest BCUT2D eigenvalue weighted by Crippen LogP contribution is -2.16. The van der Waals surface area contributed by atoms with Gasteiger partial charge in [-0.2, -0.15) is 5.10 Å². The number of pyridine rings is 1. The Labute approximate surface area is 163 Å². The number of H-pyrrole nitrogens is 2. The van der Waals surface area contributed by atoms with Crippen molar-refractivity contribution in [2.75, 3.05) is 5.32 Å². The highest BCUT2D eigenvalue weighted by Gasteiger charge is 2.29. The van der Waals surface area contributed by atoms with E-state index >= 15 is 0 Å². The topological polar surface area (TPSA) is 99.4 Å². The van der Waals surface area contributed by atoms with Crippen LogP contribution in [0.25, 0.3) is 16.6 Å². The maximum Gasteiger partial charge on any atom is 0.256 e. The number of nitrogens with one attached hydrogen (secondary N) is 3. The average molecular weight is 399 g/mol. The second-order valence-electron chi connectivity index (χ2n) is 7.00. The number of hydrogen-bond donors (Lipinski definition) is 3. The van der Waals surface area contributed by atoms with Crippen LogP contribution in [0, 0.1) is 0 Å². The van der Waals surface area contributed by atoms with Crippen LogP contribution < -0.4 is 10.9 Å². The van der Waals surface area contributed by atoms with Gasteiger partial charge >= 0.3 is 0 Å². The third kappa shape index (κ3) is 2.99. The first kappa shape index (κ1) is 17.1. The van der Waals surface area contributed by atoms with Gasteiger partial charge in [0.2, 0.25) is 0 Å². The summed E-state index contributed by atoms with van der Waals surface area (Å²) in [6, 6.07) is 1.68. The van der Waals surface area contributed by atoms with Gasteiger partial charge in [0.05, 0.1) is 22.8 Å². The number of anilines is 2. The first-order valence-corrected chi connectivity index (χ1v) is 9.41. The van der Waals surface area contributed by atoms with E-state index in [9.17, 15) is 9.18 Å². The molecular formula is C19H16ClFN6O. The molecule has 2 aliphatic carbocycles. The molecule has 3 aromatic heterocycles. The molecule has 7 nitrogen and oxygen atoms in total. The van der Waals surface area contributed by atoms with Crippen molar-refractivity contribution < 1.29 is 4.39 Å². The van der Waals surface area contributed by atoms with Gasteiger partial charge in [0.15, 0.2) is 5.65 Å². The van der Waals surface area contributed by atoms with Crippen LogP contribution in [0.2, 0.25) is 0 Å². The van der Waals surface area contributed by atoms with Crippen molar-refractivity contribution in [1.29, 1.82) is 0 Å². The fraction of sp³-hybridized carbons (Fsp3) is 0.263. The quantitative estimate of drug-likeness (QED) is 0.609. The van der Waals surface area contributed by atoms with Gasteiger partial charge in [0, 0.05) is 28.6 Å². The number of aromatic amines is 2. The van der Waals surface area contributed by atoms with Gasteiger partial charge in [-0.3, -0.25) is 9.89 Å². The number of hydrogen-bond acceptors (Lipinski definition) is 5. The highest BCUT2D eigenvalue weighted by molar-refractivity contribution is 6.30. The summed E-state index contributed by atoms with van der Waals surface area (Å²) in [5.74, 6) is 0.500. The summed E-state index contributed by atoms with van der Waals surface area (Å²) in [5.41, 5.74) is 2.26. The molecule has 0 saturated heterocycles. The van der Waals surface area contributed by atoms with Crippen LogP contribution in [0.4, 0.5) is 15.9 Å². The van der Waals surface area contributed by atoms with Gasteiger partial charge in [-0.25, -0.2) is 14.4 Å². The van der Waals surface area contributed by atoms with Crippen LogP contribution in [0.3, 0.4) is 0 Å². The largest absolute Gasteiger partial charge is 0.338 e. The summed E-state index contributed by atoms with van der Waals surface area (Å²) in [6.07, 6.45) is 7.23. The van der Waals surface area contributed by atoms with Crippen LogP contribution >= 0.6 is 11.6 Å².